The lowest BCUT2D eigenvalue weighted by molar-refractivity contribution is -0.119. The first-order valence-electron chi connectivity index (χ1n) is 2.62. The lowest BCUT2D eigenvalue weighted by Crippen LogP contribution is -2.15. The van der Waals surface area contributed by atoms with Gasteiger partial charge in [0.1, 0.15) is 5.78 Å². The highest BCUT2D eigenvalue weighted by molar-refractivity contribution is 7.79. The van der Waals surface area contributed by atoms with Gasteiger partial charge < -0.3 is 4.55 Å². The van der Waals surface area contributed by atoms with Crippen molar-refractivity contribution in [2.45, 2.75) is 13.8 Å². The Kier molecular flexibility index (Phi) is 3.65. The van der Waals surface area contributed by atoms with E-state index in [1.165, 1.54) is 0 Å². The zero-order chi connectivity index (χ0) is 7.44. The van der Waals surface area contributed by atoms with Crippen LogP contribution >= 0.6 is 0 Å². The van der Waals surface area contributed by atoms with Crippen molar-refractivity contribution < 1.29 is 13.6 Å². The highest BCUT2D eigenvalue weighted by Gasteiger charge is 2.05. The van der Waals surface area contributed by atoms with Gasteiger partial charge >= 0.3 is 0 Å². The molecule has 0 spiro atoms. The molecule has 4 heteroatoms. The van der Waals surface area contributed by atoms with Crippen LogP contribution in [0.25, 0.3) is 0 Å². The van der Waals surface area contributed by atoms with Gasteiger partial charge in [0, 0.05) is 5.92 Å². The molecule has 0 N–H and O–H groups in total. The molecule has 0 bridgehead atoms. The summed E-state index contributed by atoms with van der Waals surface area (Å²) < 4.78 is 19.8. The van der Waals surface area contributed by atoms with Crippen LogP contribution < -0.4 is 0 Å². The molecule has 0 aliphatic rings. The van der Waals surface area contributed by atoms with Crippen LogP contribution in [0.15, 0.2) is 0 Å². The second-order valence-electron chi connectivity index (χ2n) is 2.07. The molecule has 1 atom stereocenters. The zero-order valence-corrected chi connectivity index (χ0v) is 6.23. The van der Waals surface area contributed by atoms with E-state index in [4.69, 9.17) is 0 Å². The highest BCUT2D eigenvalue weighted by Crippen LogP contribution is 1.94. The fourth-order valence-corrected chi connectivity index (χ4v) is 0.848. The molecular formula is C5H9O3S-. The van der Waals surface area contributed by atoms with Gasteiger partial charge in [-0.2, -0.15) is 0 Å². The van der Waals surface area contributed by atoms with Crippen molar-refractivity contribution in [3.63, 3.8) is 0 Å². The van der Waals surface area contributed by atoms with E-state index in [0.717, 1.165) is 0 Å². The number of rotatable bonds is 3. The lowest BCUT2D eigenvalue weighted by atomic mass is 10.1. The van der Waals surface area contributed by atoms with Crippen molar-refractivity contribution in [2.75, 3.05) is 5.75 Å². The van der Waals surface area contributed by atoms with Crippen LogP contribution in [0.3, 0.4) is 0 Å². The average molecular weight is 149 g/mol. The Hall–Kier alpha value is -0.220. The van der Waals surface area contributed by atoms with Crippen LogP contribution in [-0.2, 0) is 15.9 Å². The third-order valence-electron chi connectivity index (χ3n) is 0.904. The Balaban J connectivity index is 3.64. The first-order valence-corrected chi connectivity index (χ1v) is 3.87. The summed E-state index contributed by atoms with van der Waals surface area (Å²) in [7, 11) is 0. The smallest absolute Gasteiger partial charge is 0.146 e. The zero-order valence-electron chi connectivity index (χ0n) is 5.42. The van der Waals surface area contributed by atoms with Crippen LogP contribution in [0.2, 0.25) is 0 Å². The number of ketones is 1. The van der Waals surface area contributed by atoms with E-state index < -0.39 is 11.1 Å². The van der Waals surface area contributed by atoms with Crippen LogP contribution in [0, 0.1) is 5.92 Å². The Morgan fingerprint density at radius 2 is 2.11 bits per heavy atom. The van der Waals surface area contributed by atoms with Crippen molar-refractivity contribution in [2.24, 2.45) is 5.92 Å². The second kappa shape index (κ2) is 3.74. The number of hydrogen-bond acceptors (Lipinski definition) is 3. The molecule has 0 radical (unpaired) electrons. The van der Waals surface area contributed by atoms with Gasteiger partial charge in [-0.25, -0.2) is 0 Å². The quantitative estimate of drug-likeness (QED) is 0.534. The fourth-order valence-electron chi connectivity index (χ4n) is 0.283. The molecule has 0 fully saturated rings. The summed E-state index contributed by atoms with van der Waals surface area (Å²) in [4.78, 5) is 10.6. The monoisotopic (exact) mass is 149 g/mol. The summed E-state index contributed by atoms with van der Waals surface area (Å²) in [5.41, 5.74) is 0. The molecule has 3 nitrogen and oxygen atoms in total. The topological polar surface area (TPSA) is 57.2 Å². The number of carbonyl (C=O) groups is 1. The Morgan fingerprint density at radius 1 is 1.67 bits per heavy atom. The van der Waals surface area contributed by atoms with E-state index in [-0.39, 0.29) is 17.5 Å². The van der Waals surface area contributed by atoms with E-state index >= 15 is 0 Å². The van der Waals surface area contributed by atoms with Crippen LogP contribution in [0.4, 0.5) is 0 Å². The van der Waals surface area contributed by atoms with Crippen molar-refractivity contribution >= 4 is 16.9 Å². The van der Waals surface area contributed by atoms with Crippen molar-refractivity contribution in [1.29, 1.82) is 0 Å². The molecule has 0 saturated carbocycles. The number of hydrogen-bond donors (Lipinski definition) is 0. The summed E-state index contributed by atoms with van der Waals surface area (Å²) in [5.74, 6) is -0.760. The van der Waals surface area contributed by atoms with Gasteiger partial charge in [-0.1, -0.05) is 13.8 Å². The molecule has 0 saturated heterocycles. The van der Waals surface area contributed by atoms with Gasteiger partial charge in [-0.3, -0.25) is 9.00 Å². The lowest BCUT2D eigenvalue weighted by Gasteiger charge is -2.05. The summed E-state index contributed by atoms with van der Waals surface area (Å²) in [6.45, 7) is 3.35. The third kappa shape index (κ3) is 4.29. The maximum atomic E-state index is 10.6. The molecule has 0 aromatic carbocycles. The van der Waals surface area contributed by atoms with Gasteiger partial charge in [0.2, 0.25) is 0 Å². The minimum absolute atomic E-state index is 0.178. The standard InChI is InChI=1S/C5H10O3S/c1-4(2)5(6)3-9(7)8/h4H,3H2,1-2H3,(H,7,8)/p-1. The Labute approximate surface area is 56.7 Å². The molecule has 9 heavy (non-hydrogen) atoms. The Morgan fingerprint density at radius 3 is 2.22 bits per heavy atom. The van der Waals surface area contributed by atoms with Crippen LogP contribution in [0.1, 0.15) is 13.8 Å². The van der Waals surface area contributed by atoms with Crippen LogP contribution in [-0.4, -0.2) is 20.3 Å². The molecule has 0 rings (SSSR count). The van der Waals surface area contributed by atoms with Crippen molar-refractivity contribution in [1.82, 2.24) is 0 Å². The minimum Gasteiger partial charge on any atom is -0.772 e. The largest absolute Gasteiger partial charge is 0.772 e. The molecule has 0 aromatic heterocycles. The normalized spacial score (nSPS) is 13.8. The van der Waals surface area contributed by atoms with Crippen molar-refractivity contribution in [3.8, 4) is 0 Å². The van der Waals surface area contributed by atoms with Crippen molar-refractivity contribution in [3.05, 3.63) is 0 Å². The Bertz CT molecular complexity index is 130. The molecule has 0 amide bonds. The SMILES string of the molecule is CC(C)C(=O)CS(=O)[O-]. The summed E-state index contributed by atoms with van der Waals surface area (Å²) in [6, 6.07) is 0. The maximum absolute atomic E-state index is 10.6. The summed E-state index contributed by atoms with van der Waals surface area (Å²) >= 11 is -2.22. The second-order valence-corrected chi connectivity index (χ2v) is 2.97. The van der Waals surface area contributed by atoms with E-state index in [9.17, 15) is 13.6 Å². The summed E-state index contributed by atoms with van der Waals surface area (Å²) in [6.07, 6.45) is 0. The first kappa shape index (κ1) is 8.78. The van der Waals surface area contributed by atoms with Gasteiger partial charge in [0.15, 0.2) is 0 Å². The van der Waals surface area contributed by atoms with E-state index in [1.54, 1.807) is 13.8 Å². The van der Waals surface area contributed by atoms with Gasteiger partial charge in [-0.15, -0.1) is 0 Å². The predicted molar refractivity (Wildman–Crippen MR) is 33.6 cm³/mol. The van der Waals surface area contributed by atoms with Gasteiger partial charge in [0.05, 0.1) is 5.75 Å². The predicted octanol–water partition coefficient (Wildman–Crippen LogP) is 0.0906. The molecule has 0 aliphatic carbocycles. The molecular weight excluding hydrogens is 140 g/mol. The van der Waals surface area contributed by atoms with Gasteiger partial charge in [0.25, 0.3) is 0 Å². The van der Waals surface area contributed by atoms with E-state index in [0.29, 0.717) is 0 Å². The minimum atomic E-state index is -2.22. The molecule has 0 aromatic rings. The molecule has 54 valence electrons. The van der Waals surface area contributed by atoms with Gasteiger partial charge in [-0.05, 0) is 11.1 Å². The fraction of sp³-hybridized carbons (Fsp3) is 0.800. The molecule has 0 aliphatic heterocycles. The molecule has 0 heterocycles. The van der Waals surface area contributed by atoms with E-state index in [2.05, 4.69) is 0 Å². The summed E-state index contributed by atoms with van der Waals surface area (Å²) in [5, 5.41) is 0. The number of carbonyl (C=O) groups excluding carboxylic acids is 1. The average Bonchev–Trinajstić information content (AvgIpc) is 1.63. The number of Topliss-reactive ketones (excluding diaryl/α,β-unsaturated/α-hetero) is 1. The highest BCUT2D eigenvalue weighted by atomic mass is 32.2. The third-order valence-corrected chi connectivity index (χ3v) is 1.42. The molecule has 1 unspecified atom stereocenters. The first-order chi connectivity index (χ1) is 4.04. The van der Waals surface area contributed by atoms with E-state index in [1.807, 2.05) is 0 Å². The maximum Gasteiger partial charge on any atom is 0.146 e. The van der Waals surface area contributed by atoms with Crippen LogP contribution in [0.5, 0.6) is 0 Å².